The molecule has 1 atom stereocenters. The number of anilines is 1. The Kier molecular flexibility index (Phi) is 5.51. The molecular formula is C21H27N5O3. The number of ether oxygens (including phenoxy) is 2. The topological polar surface area (TPSA) is 80.7 Å². The first-order valence-electron chi connectivity index (χ1n) is 9.99. The molecule has 8 heteroatoms. The van der Waals surface area contributed by atoms with Crippen LogP contribution in [-0.2, 0) is 11.3 Å². The van der Waals surface area contributed by atoms with Crippen molar-refractivity contribution < 1.29 is 14.3 Å². The third-order valence-electron chi connectivity index (χ3n) is 5.87. The minimum Gasteiger partial charge on any atom is -0.481 e. The van der Waals surface area contributed by atoms with Crippen molar-refractivity contribution in [2.75, 3.05) is 38.8 Å². The van der Waals surface area contributed by atoms with Gasteiger partial charge in [-0.2, -0.15) is 9.97 Å². The van der Waals surface area contributed by atoms with Gasteiger partial charge in [0.2, 0.25) is 23.6 Å². The van der Waals surface area contributed by atoms with Crippen LogP contribution in [0.1, 0.15) is 31.2 Å². The van der Waals surface area contributed by atoms with Crippen molar-refractivity contribution in [1.29, 1.82) is 0 Å². The van der Waals surface area contributed by atoms with Crippen molar-refractivity contribution in [3.05, 3.63) is 36.2 Å². The second-order valence-corrected chi connectivity index (χ2v) is 7.89. The first kappa shape index (κ1) is 19.4. The van der Waals surface area contributed by atoms with Crippen molar-refractivity contribution in [2.45, 2.75) is 32.2 Å². The minimum absolute atomic E-state index is 0.0496. The van der Waals surface area contributed by atoms with Crippen molar-refractivity contribution >= 4 is 11.9 Å². The predicted molar refractivity (Wildman–Crippen MR) is 108 cm³/mol. The van der Waals surface area contributed by atoms with E-state index in [0.29, 0.717) is 30.7 Å². The Morgan fingerprint density at radius 1 is 1.14 bits per heavy atom. The normalized spacial score (nSPS) is 22.1. The molecule has 0 aliphatic carbocycles. The van der Waals surface area contributed by atoms with E-state index in [1.54, 1.807) is 26.5 Å². The third-order valence-corrected chi connectivity index (χ3v) is 5.87. The summed E-state index contributed by atoms with van der Waals surface area (Å²) in [6, 6.07) is 5.61. The molecule has 2 aromatic heterocycles. The van der Waals surface area contributed by atoms with Crippen LogP contribution in [-0.4, -0.2) is 59.6 Å². The Morgan fingerprint density at radius 2 is 1.93 bits per heavy atom. The van der Waals surface area contributed by atoms with Gasteiger partial charge in [0.25, 0.3) is 0 Å². The first-order valence-corrected chi connectivity index (χ1v) is 9.99. The Hall–Kier alpha value is -2.90. The molecule has 2 aliphatic rings. The van der Waals surface area contributed by atoms with E-state index >= 15 is 0 Å². The molecule has 0 bridgehead atoms. The number of hydrogen-bond donors (Lipinski definition) is 0. The summed E-state index contributed by atoms with van der Waals surface area (Å²) in [5, 5.41) is 0. The molecule has 0 N–H and O–H groups in total. The Balaban J connectivity index is 1.53. The third kappa shape index (κ3) is 4.26. The lowest BCUT2D eigenvalue weighted by molar-refractivity contribution is -0.138. The number of rotatable bonds is 5. The zero-order valence-corrected chi connectivity index (χ0v) is 17.0. The van der Waals surface area contributed by atoms with E-state index in [1.807, 2.05) is 23.2 Å². The maximum atomic E-state index is 12.6. The average Bonchev–Trinajstić information content (AvgIpc) is 2.77. The highest BCUT2D eigenvalue weighted by Gasteiger charge is 2.42. The van der Waals surface area contributed by atoms with Gasteiger partial charge in [-0.1, -0.05) is 6.07 Å². The zero-order valence-electron chi connectivity index (χ0n) is 17.0. The molecule has 2 aliphatic heterocycles. The first-order chi connectivity index (χ1) is 14.1. The van der Waals surface area contributed by atoms with E-state index in [-0.39, 0.29) is 11.3 Å². The number of nitrogens with zero attached hydrogens (tertiary/aromatic N) is 5. The van der Waals surface area contributed by atoms with Gasteiger partial charge >= 0.3 is 0 Å². The number of piperidine rings is 2. The second-order valence-electron chi connectivity index (χ2n) is 7.89. The van der Waals surface area contributed by atoms with Crippen LogP contribution >= 0.6 is 0 Å². The molecule has 29 heavy (non-hydrogen) atoms. The highest BCUT2D eigenvalue weighted by molar-refractivity contribution is 5.77. The summed E-state index contributed by atoms with van der Waals surface area (Å²) in [4.78, 5) is 30.0. The van der Waals surface area contributed by atoms with Crippen LogP contribution in [0, 0.1) is 5.41 Å². The van der Waals surface area contributed by atoms with Crippen LogP contribution in [0.2, 0.25) is 0 Å². The highest BCUT2D eigenvalue weighted by Crippen LogP contribution is 2.40. The fourth-order valence-corrected chi connectivity index (χ4v) is 4.41. The van der Waals surface area contributed by atoms with E-state index in [9.17, 15) is 4.79 Å². The summed E-state index contributed by atoms with van der Waals surface area (Å²) in [6.07, 6.45) is 7.20. The molecule has 1 amide bonds. The van der Waals surface area contributed by atoms with Gasteiger partial charge < -0.3 is 19.3 Å². The standard InChI is InChI=1S/C21H27N5O3/c1-28-17-11-18(29-2)24-20(23-17)25-10-4-7-21(14-25)8-6-19(27)26(15-21)13-16-5-3-9-22-12-16/h3,5,9,11-12H,4,6-8,10,13-15H2,1-2H3. The van der Waals surface area contributed by atoms with E-state index in [1.165, 1.54) is 0 Å². The molecule has 0 radical (unpaired) electrons. The van der Waals surface area contributed by atoms with Gasteiger partial charge in [0, 0.05) is 50.4 Å². The number of methoxy groups -OCH3 is 2. The highest BCUT2D eigenvalue weighted by atomic mass is 16.5. The van der Waals surface area contributed by atoms with Gasteiger partial charge in [-0.3, -0.25) is 9.78 Å². The number of carbonyl (C=O) groups is 1. The van der Waals surface area contributed by atoms with Gasteiger partial charge in [0.15, 0.2) is 0 Å². The Labute approximate surface area is 170 Å². The Bertz CT molecular complexity index is 840. The molecule has 0 saturated carbocycles. The van der Waals surface area contributed by atoms with Crippen molar-refractivity contribution in [3.8, 4) is 11.8 Å². The van der Waals surface area contributed by atoms with Gasteiger partial charge in [-0.15, -0.1) is 0 Å². The quantitative estimate of drug-likeness (QED) is 0.766. The van der Waals surface area contributed by atoms with E-state index in [0.717, 1.165) is 44.5 Å². The van der Waals surface area contributed by atoms with E-state index in [4.69, 9.17) is 9.47 Å². The molecule has 4 heterocycles. The number of aromatic nitrogens is 3. The maximum absolute atomic E-state index is 12.6. The fourth-order valence-electron chi connectivity index (χ4n) is 4.41. The molecule has 1 spiro atoms. The molecule has 0 aromatic carbocycles. The predicted octanol–water partition coefficient (Wildman–Crippen LogP) is 2.30. The fraction of sp³-hybridized carbons (Fsp3) is 0.524. The zero-order chi connectivity index (χ0) is 20.3. The van der Waals surface area contributed by atoms with Crippen LogP contribution in [0.15, 0.2) is 30.6 Å². The summed E-state index contributed by atoms with van der Waals surface area (Å²) in [5.41, 5.74) is 1.11. The van der Waals surface area contributed by atoms with E-state index < -0.39 is 0 Å². The lowest BCUT2D eigenvalue weighted by atomic mass is 9.73. The number of pyridine rings is 1. The summed E-state index contributed by atoms with van der Waals surface area (Å²) in [5.74, 6) is 1.82. The van der Waals surface area contributed by atoms with Gasteiger partial charge in [0.1, 0.15) is 0 Å². The van der Waals surface area contributed by atoms with Crippen LogP contribution < -0.4 is 14.4 Å². The summed E-state index contributed by atoms with van der Waals surface area (Å²) in [6.45, 7) is 3.06. The molecule has 154 valence electrons. The molecule has 2 aromatic rings. The number of carbonyl (C=O) groups excluding carboxylic acids is 1. The van der Waals surface area contributed by atoms with Crippen LogP contribution in [0.4, 0.5) is 5.95 Å². The summed E-state index contributed by atoms with van der Waals surface area (Å²) >= 11 is 0. The van der Waals surface area contributed by atoms with Crippen LogP contribution in [0.5, 0.6) is 11.8 Å². The summed E-state index contributed by atoms with van der Waals surface area (Å²) < 4.78 is 10.6. The van der Waals surface area contributed by atoms with Crippen molar-refractivity contribution in [2.24, 2.45) is 5.41 Å². The average molecular weight is 397 g/mol. The smallest absolute Gasteiger partial charge is 0.231 e. The van der Waals surface area contributed by atoms with Gasteiger partial charge in [-0.05, 0) is 30.9 Å². The molecular weight excluding hydrogens is 370 g/mol. The van der Waals surface area contributed by atoms with E-state index in [2.05, 4.69) is 19.9 Å². The van der Waals surface area contributed by atoms with Crippen molar-refractivity contribution in [1.82, 2.24) is 19.9 Å². The lowest BCUT2D eigenvalue weighted by Crippen LogP contribution is -2.54. The largest absolute Gasteiger partial charge is 0.481 e. The van der Waals surface area contributed by atoms with Gasteiger partial charge in [0.05, 0.1) is 20.3 Å². The maximum Gasteiger partial charge on any atom is 0.231 e. The van der Waals surface area contributed by atoms with Crippen molar-refractivity contribution in [3.63, 3.8) is 0 Å². The summed E-state index contributed by atoms with van der Waals surface area (Å²) in [7, 11) is 3.18. The van der Waals surface area contributed by atoms with Crippen LogP contribution in [0.3, 0.4) is 0 Å². The number of hydrogen-bond acceptors (Lipinski definition) is 7. The monoisotopic (exact) mass is 397 g/mol. The Morgan fingerprint density at radius 3 is 2.62 bits per heavy atom. The molecule has 2 fully saturated rings. The molecule has 8 nitrogen and oxygen atoms in total. The van der Waals surface area contributed by atoms with Gasteiger partial charge in [-0.25, -0.2) is 0 Å². The van der Waals surface area contributed by atoms with Crippen LogP contribution in [0.25, 0.3) is 0 Å². The molecule has 2 saturated heterocycles. The molecule has 1 unspecified atom stereocenters. The molecule has 4 rings (SSSR count). The lowest BCUT2D eigenvalue weighted by Gasteiger charge is -2.48. The minimum atomic E-state index is 0.0496. The second kappa shape index (κ2) is 8.23. The number of amides is 1. The SMILES string of the molecule is COc1cc(OC)nc(N2CCCC3(CCC(=O)N(Cc4cccnc4)C3)C2)n1. The number of likely N-dealkylation sites (tertiary alicyclic amines) is 1.